The highest BCUT2D eigenvalue weighted by molar-refractivity contribution is 6.30. The van der Waals surface area contributed by atoms with Gasteiger partial charge in [0.25, 0.3) is 0 Å². The van der Waals surface area contributed by atoms with E-state index in [1.807, 2.05) is 61.5 Å². The number of benzene rings is 3. The van der Waals surface area contributed by atoms with Crippen LogP contribution in [0.2, 0.25) is 5.02 Å². The molecule has 0 aliphatic heterocycles. The Morgan fingerprint density at radius 3 is 2.48 bits per heavy atom. The number of halogens is 1. The minimum Gasteiger partial charge on any atom is -0.493 e. The fourth-order valence-electron chi connectivity index (χ4n) is 3.39. The second kappa shape index (κ2) is 12.2. The highest BCUT2D eigenvalue weighted by atomic mass is 35.5. The van der Waals surface area contributed by atoms with E-state index in [9.17, 15) is 4.79 Å². The third-order valence-electron chi connectivity index (χ3n) is 5.26. The first-order valence-corrected chi connectivity index (χ1v) is 11.5. The van der Waals surface area contributed by atoms with E-state index < -0.39 is 5.97 Å². The summed E-state index contributed by atoms with van der Waals surface area (Å²) >= 11 is 6.18. The van der Waals surface area contributed by atoms with Crippen LogP contribution in [0.3, 0.4) is 0 Å². The second-order valence-electron chi connectivity index (χ2n) is 7.77. The van der Waals surface area contributed by atoms with Gasteiger partial charge >= 0.3 is 5.97 Å². The van der Waals surface area contributed by atoms with Crippen LogP contribution < -0.4 is 14.2 Å². The minimum atomic E-state index is -0.793. The van der Waals surface area contributed by atoms with Gasteiger partial charge in [0, 0.05) is 23.9 Å². The van der Waals surface area contributed by atoms with Gasteiger partial charge in [-0.05, 0) is 67.3 Å². The zero-order valence-corrected chi connectivity index (χ0v) is 19.7. The molecule has 0 aromatic heterocycles. The lowest BCUT2D eigenvalue weighted by atomic mass is 10.0. The first kappa shape index (κ1) is 24.5. The maximum atomic E-state index is 10.8. The van der Waals surface area contributed by atoms with Gasteiger partial charge in [-0.25, -0.2) is 0 Å². The van der Waals surface area contributed by atoms with Crippen molar-refractivity contribution in [3.8, 4) is 23.0 Å². The summed E-state index contributed by atoms with van der Waals surface area (Å²) in [5.41, 5.74) is 2.05. The smallest absolute Gasteiger partial charge is 0.303 e. The van der Waals surface area contributed by atoms with E-state index >= 15 is 0 Å². The Labute approximate surface area is 199 Å². The molecule has 0 saturated heterocycles. The van der Waals surface area contributed by atoms with Crippen molar-refractivity contribution in [2.24, 2.45) is 0 Å². The maximum absolute atomic E-state index is 10.8. The summed E-state index contributed by atoms with van der Waals surface area (Å²) in [6.07, 6.45) is 2.09. The molecule has 0 spiro atoms. The van der Waals surface area contributed by atoms with E-state index in [1.165, 1.54) is 0 Å². The molecular weight excluding hydrogens is 440 g/mol. The highest BCUT2D eigenvalue weighted by Gasteiger charge is 2.14. The molecule has 0 aliphatic rings. The molecule has 33 heavy (non-hydrogen) atoms. The van der Waals surface area contributed by atoms with Crippen molar-refractivity contribution in [2.75, 3.05) is 6.61 Å². The Bertz CT molecular complexity index is 1050. The molecule has 3 rings (SSSR count). The van der Waals surface area contributed by atoms with Gasteiger partial charge in [0.05, 0.1) is 6.61 Å². The molecule has 1 atom stereocenters. The van der Waals surface area contributed by atoms with Crippen LogP contribution in [0.5, 0.6) is 23.0 Å². The second-order valence-corrected chi connectivity index (χ2v) is 8.21. The van der Waals surface area contributed by atoms with Crippen molar-refractivity contribution in [1.29, 1.82) is 0 Å². The molecule has 0 heterocycles. The summed E-state index contributed by atoms with van der Waals surface area (Å²) < 4.78 is 18.2. The van der Waals surface area contributed by atoms with Gasteiger partial charge in [0.1, 0.15) is 17.6 Å². The summed E-state index contributed by atoms with van der Waals surface area (Å²) in [7, 11) is 0. The van der Waals surface area contributed by atoms with Crippen molar-refractivity contribution in [2.45, 2.75) is 45.6 Å². The van der Waals surface area contributed by atoms with E-state index in [1.54, 1.807) is 12.1 Å². The lowest BCUT2D eigenvalue weighted by Gasteiger charge is -2.20. The molecule has 0 aliphatic carbocycles. The van der Waals surface area contributed by atoms with E-state index in [0.29, 0.717) is 41.7 Å². The molecule has 0 saturated carbocycles. The largest absolute Gasteiger partial charge is 0.493 e. The third-order valence-corrected chi connectivity index (χ3v) is 5.49. The third kappa shape index (κ3) is 7.72. The summed E-state index contributed by atoms with van der Waals surface area (Å²) in [5, 5.41) is 9.45. The van der Waals surface area contributed by atoms with Crippen molar-refractivity contribution in [1.82, 2.24) is 0 Å². The van der Waals surface area contributed by atoms with Gasteiger partial charge < -0.3 is 19.3 Å². The van der Waals surface area contributed by atoms with Crippen LogP contribution in [0, 0.1) is 6.92 Å². The SMILES string of the molecule is CC[C@H](CCOc1ccc(CCC(=O)O)c(C)c1)Oc1ccc(Cl)cc1Oc1ccccc1. The Kier molecular flexibility index (Phi) is 9.02. The molecular formula is C27H29ClO5. The summed E-state index contributed by atoms with van der Waals surface area (Å²) in [6.45, 7) is 4.53. The number of carbonyl (C=O) groups is 1. The van der Waals surface area contributed by atoms with E-state index in [-0.39, 0.29) is 12.5 Å². The Morgan fingerprint density at radius 2 is 1.79 bits per heavy atom. The number of hydrogen-bond acceptors (Lipinski definition) is 4. The number of hydrogen-bond donors (Lipinski definition) is 1. The molecule has 0 radical (unpaired) electrons. The first-order chi connectivity index (χ1) is 15.9. The zero-order chi connectivity index (χ0) is 23.6. The van der Waals surface area contributed by atoms with Crippen LogP contribution in [-0.2, 0) is 11.2 Å². The van der Waals surface area contributed by atoms with Crippen molar-refractivity contribution in [3.05, 3.63) is 82.9 Å². The summed E-state index contributed by atoms with van der Waals surface area (Å²) in [4.78, 5) is 10.8. The van der Waals surface area contributed by atoms with Crippen LogP contribution in [0.1, 0.15) is 37.3 Å². The number of carboxylic acids is 1. The zero-order valence-electron chi connectivity index (χ0n) is 18.9. The van der Waals surface area contributed by atoms with Gasteiger partial charge in [-0.1, -0.05) is 42.8 Å². The van der Waals surface area contributed by atoms with Crippen LogP contribution >= 0.6 is 11.6 Å². The predicted octanol–water partition coefficient (Wildman–Crippen LogP) is 7.08. The summed E-state index contributed by atoms with van der Waals surface area (Å²) in [5.74, 6) is 1.89. The molecule has 0 amide bonds. The fraction of sp³-hybridized carbons (Fsp3) is 0.296. The predicted molar refractivity (Wildman–Crippen MR) is 130 cm³/mol. The number of aliphatic carboxylic acids is 1. The van der Waals surface area contributed by atoms with E-state index in [4.69, 9.17) is 30.9 Å². The van der Waals surface area contributed by atoms with Gasteiger partial charge in [-0.3, -0.25) is 4.79 Å². The van der Waals surface area contributed by atoms with Crippen LogP contribution in [0.25, 0.3) is 0 Å². The standard InChI is InChI=1S/C27H29ClO5/c1-3-22(15-16-31-24-12-9-20(19(2)17-24)10-14-27(29)30)32-25-13-11-21(28)18-26(25)33-23-7-5-4-6-8-23/h4-9,11-13,17-18,22H,3,10,14-16H2,1-2H3,(H,29,30)/t22-/m1/s1. The maximum Gasteiger partial charge on any atom is 0.303 e. The quantitative estimate of drug-likeness (QED) is 0.307. The van der Waals surface area contributed by atoms with Gasteiger partial charge in [-0.15, -0.1) is 0 Å². The van der Waals surface area contributed by atoms with Crippen molar-refractivity contribution >= 4 is 17.6 Å². The Hall–Kier alpha value is -3.18. The molecule has 3 aromatic rings. The number of para-hydroxylation sites is 1. The molecule has 0 unspecified atom stereocenters. The van der Waals surface area contributed by atoms with E-state index in [0.717, 1.165) is 23.3 Å². The van der Waals surface area contributed by atoms with Gasteiger partial charge in [0.15, 0.2) is 11.5 Å². The molecule has 3 aromatic carbocycles. The molecule has 6 heteroatoms. The molecule has 0 fully saturated rings. The first-order valence-electron chi connectivity index (χ1n) is 11.1. The Balaban J connectivity index is 1.58. The fourth-order valence-corrected chi connectivity index (χ4v) is 3.55. The number of ether oxygens (including phenoxy) is 3. The number of aryl methyl sites for hydroxylation is 2. The molecule has 174 valence electrons. The van der Waals surface area contributed by atoms with Crippen LogP contribution in [0.4, 0.5) is 0 Å². The molecule has 1 N–H and O–H groups in total. The number of carboxylic acid groups (broad SMARTS) is 1. The highest BCUT2D eigenvalue weighted by Crippen LogP contribution is 2.35. The topological polar surface area (TPSA) is 65.0 Å². The van der Waals surface area contributed by atoms with Gasteiger partial charge in [0.2, 0.25) is 0 Å². The lowest BCUT2D eigenvalue weighted by Crippen LogP contribution is -2.19. The molecule has 0 bridgehead atoms. The number of rotatable bonds is 12. The van der Waals surface area contributed by atoms with Crippen LogP contribution in [-0.4, -0.2) is 23.8 Å². The lowest BCUT2D eigenvalue weighted by molar-refractivity contribution is -0.136. The van der Waals surface area contributed by atoms with E-state index in [2.05, 4.69) is 6.92 Å². The summed E-state index contributed by atoms with van der Waals surface area (Å²) in [6, 6.07) is 20.6. The molecule has 5 nitrogen and oxygen atoms in total. The van der Waals surface area contributed by atoms with Crippen molar-refractivity contribution in [3.63, 3.8) is 0 Å². The average molecular weight is 469 g/mol. The van der Waals surface area contributed by atoms with Gasteiger partial charge in [-0.2, -0.15) is 0 Å². The Morgan fingerprint density at radius 1 is 1.00 bits per heavy atom. The van der Waals surface area contributed by atoms with Crippen molar-refractivity contribution < 1.29 is 24.1 Å². The minimum absolute atomic E-state index is 0.0553. The van der Waals surface area contributed by atoms with Crippen LogP contribution in [0.15, 0.2) is 66.7 Å². The average Bonchev–Trinajstić information content (AvgIpc) is 2.80. The normalized spacial score (nSPS) is 11.6. The monoisotopic (exact) mass is 468 g/mol.